The highest BCUT2D eigenvalue weighted by molar-refractivity contribution is 7.94. The highest BCUT2D eigenvalue weighted by Crippen LogP contribution is 2.49. The van der Waals surface area contributed by atoms with E-state index in [4.69, 9.17) is 12.8 Å². The lowest BCUT2D eigenvalue weighted by atomic mass is 9.91. The smallest absolute Gasteiger partial charge is 0.297 e. The zero-order valence-electron chi connectivity index (χ0n) is 41.0. The van der Waals surface area contributed by atoms with Gasteiger partial charge in [0, 0.05) is 47.9 Å². The number of nitrogens with zero attached hydrogens (tertiary/aromatic N) is 6. The van der Waals surface area contributed by atoms with Gasteiger partial charge in [-0.2, -0.15) is 0 Å². The number of benzene rings is 4. The van der Waals surface area contributed by atoms with Crippen LogP contribution in [0.15, 0.2) is 119 Å². The van der Waals surface area contributed by atoms with Crippen LogP contribution in [0.4, 0.5) is 20.2 Å². The van der Waals surface area contributed by atoms with Gasteiger partial charge in [0.1, 0.15) is 11.6 Å². The highest BCUT2D eigenvalue weighted by atomic mass is 32.2. The number of aryl methyl sites for hydroxylation is 4. The first-order chi connectivity index (χ1) is 35.0. The number of carbonyl (C=O) groups excluding carboxylic acids is 1. The molecule has 15 nitrogen and oxygen atoms in total. The largest absolute Gasteiger partial charge is 0.355 e. The molecule has 74 heavy (non-hydrogen) atoms. The highest BCUT2D eigenvalue weighted by Gasteiger charge is 2.65. The van der Waals surface area contributed by atoms with Gasteiger partial charge in [0.25, 0.3) is 21.1 Å². The van der Waals surface area contributed by atoms with Crippen LogP contribution in [0.1, 0.15) is 45.0 Å². The lowest BCUT2D eigenvalue weighted by Crippen LogP contribution is -2.52. The summed E-state index contributed by atoms with van der Waals surface area (Å²) in [5.74, 6) is 3.70. The zero-order chi connectivity index (χ0) is 53.5. The number of halogens is 2. The molecule has 0 bridgehead atoms. The third-order valence-electron chi connectivity index (χ3n) is 12.8. The second-order valence-corrected chi connectivity index (χ2v) is 22.2. The summed E-state index contributed by atoms with van der Waals surface area (Å²) in [5, 5.41) is -7.92. The minimum absolute atomic E-state index is 0.0535. The fraction of sp³-hybridized carbons (Fsp3) is 0.218. The molecule has 0 aliphatic heterocycles. The second-order valence-electron chi connectivity index (χ2n) is 18.0. The number of rotatable bonds is 16. The molecule has 19 heteroatoms. The van der Waals surface area contributed by atoms with Gasteiger partial charge in [0.2, 0.25) is 5.78 Å². The van der Waals surface area contributed by atoms with Gasteiger partial charge < -0.3 is 19.8 Å². The molecule has 0 radical (unpaired) electrons. The third-order valence-corrected chi connectivity index (χ3v) is 15.6. The van der Waals surface area contributed by atoms with Gasteiger partial charge in [-0.25, -0.2) is 35.6 Å². The number of hydrogen-bond acceptors (Lipinski definition) is 13. The average Bonchev–Trinajstić information content (AvgIpc) is 3.35. The number of nitrogens with one attached hydrogen (secondary N) is 2. The zero-order valence-corrected chi connectivity index (χ0v) is 42.6. The average molecular weight is 1040 g/mol. The number of terminal acetylenes is 2. The van der Waals surface area contributed by atoms with Crippen molar-refractivity contribution in [1.82, 2.24) is 29.9 Å². The first-order valence-corrected chi connectivity index (χ1v) is 26.6. The molecule has 0 saturated carbocycles. The van der Waals surface area contributed by atoms with Crippen molar-refractivity contribution in [2.24, 2.45) is 0 Å². The van der Waals surface area contributed by atoms with E-state index < -0.39 is 46.6 Å². The Morgan fingerprint density at radius 1 is 0.608 bits per heavy atom. The molecule has 0 aliphatic carbocycles. The number of H-pyrrole nitrogens is 2. The van der Waals surface area contributed by atoms with E-state index in [-0.39, 0.29) is 59.8 Å². The van der Waals surface area contributed by atoms with Crippen molar-refractivity contribution in [3.63, 3.8) is 0 Å². The molecule has 0 spiro atoms. The van der Waals surface area contributed by atoms with Crippen molar-refractivity contribution in [3.8, 4) is 47.2 Å². The van der Waals surface area contributed by atoms with Gasteiger partial charge >= 0.3 is 0 Å². The summed E-state index contributed by atoms with van der Waals surface area (Å²) >= 11 is 0. The Kier molecular flexibility index (Phi) is 14.0. The minimum Gasteiger partial charge on any atom is -0.355 e. The molecule has 2 unspecified atom stereocenters. The summed E-state index contributed by atoms with van der Waals surface area (Å²) in [6.07, 6.45) is 15.1. The number of ketones is 1. The first-order valence-electron chi connectivity index (χ1n) is 22.8. The molecular formula is C55H48F2N8O7S2. The predicted molar refractivity (Wildman–Crippen MR) is 283 cm³/mol. The first kappa shape index (κ1) is 51.9. The molecule has 0 amide bonds. The monoisotopic (exact) mass is 1030 g/mol. The van der Waals surface area contributed by atoms with Crippen LogP contribution >= 0.6 is 0 Å². The van der Waals surface area contributed by atoms with Gasteiger partial charge in [0.05, 0.1) is 70.1 Å². The van der Waals surface area contributed by atoms with Crippen LogP contribution in [0.5, 0.6) is 0 Å². The van der Waals surface area contributed by atoms with Crippen molar-refractivity contribution in [2.75, 3.05) is 35.4 Å². The van der Waals surface area contributed by atoms with Crippen molar-refractivity contribution < 1.29 is 30.4 Å². The lowest BCUT2D eigenvalue weighted by molar-refractivity contribution is -0.133. The number of hydrogen-bond donors (Lipinski definition) is 2. The molecule has 8 rings (SSSR count). The van der Waals surface area contributed by atoms with Crippen LogP contribution < -0.4 is 20.9 Å². The molecule has 2 N–H and O–H groups in total. The van der Waals surface area contributed by atoms with Gasteiger partial charge in [-0.3, -0.25) is 24.4 Å². The number of Topliss-reactive ketones (excluding diaryl/α,β-unsaturated/α-hetero) is 1. The minimum atomic E-state index is -5.40. The summed E-state index contributed by atoms with van der Waals surface area (Å²) < 4.78 is 92.2. The summed E-state index contributed by atoms with van der Waals surface area (Å²) in [7, 11) is -10.8. The maximum absolute atomic E-state index is 18.3. The Bertz CT molecular complexity index is 3750. The van der Waals surface area contributed by atoms with Gasteiger partial charge in [-0.05, 0) is 98.5 Å². The molecule has 4 aromatic heterocycles. The third kappa shape index (κ3) is 9.55. The Morgan fingerprint density at radius 3 is 1.32 bits per heavy atom. The summed E-state index contributed by atoms with van der Waals surface area (Å²) in [5.41, 5.74) is 2.14. The molecule has 4 aromatic carbocycles. The molecule has 8 aromatic rings. The predicted octanol–water partition coefficient (Wildman–Crippen LogP) is 7.40. The number of alkyl halides is 2. The normalized spacial score (nSPS) is 13.4. The maximum Gasteiger partial charge on any atom is 0.297 e. The standard InChI is InChI=1S/C55H48F2N8O7S2/c1-9-23-64(31-37-27-43-49(25-33(37)3)60-35(5)62-51(43)66)39-19-21-47(58-29-39)41-15-11-13-17-45(41)54(56,73(7,69)70)53(68)55(57,74(8,71)72)46-18-14-12-16-42(46)48-22-20-40(30-59-48)65(24-10-2)32-38-28-44-50(26-34(38)4)61-36(6)63-52(44)67/h1-2,11-22,25-30H,23-24,31-32H2,3-8H3,(H,60,62,66)(H,61,63,67). The van der Waals surface area contributed by atoms with E-state index in [0.29, 0.717) is 57.3 Å². The molecule has 0 fully saturated rings. The van der Waals surface area contributed by atoms with Crippen LogP contribution in [0.3, 0.4) is 0 Å². The van der Waals surface area contributed by atoms with E-state index in [2.05, 4.69) is 41.7 Å². The van der Waals surface area contributed by atoms with Gasteiger partial charge in [-0.1, -0.05) is 60.4 Å². The molecule has 376 valence electrons. The van der Waals surface area contributed by atoms with Crippen molar-refractivity contribution in [2.45, 2.75) is 50.8 Å². The Morgan fingerprint density at radius 2 is 0.986 bits per heavy atom. The number of anilines is 2. The fourth-order valence-corrected chi connectivity index (χ4v) is 11.2. The van der Waals surface area contributed by atoms with E-state index in [1.54, 1.807) is 60.0 Å². The SMILES string of the molecule is C#CCN(Cc1cc2c(=O)[nH]c(C)nc2cc1C)c1ccc(-c2ccccc2C(F)(C(=O)C(F)(c2ccccc2-c2ccc(N(CC#C)Cc3cc4c(=O)[nH]c(C)nc4cc3C)cn2)S(C)(=O)=O)S(C)(=O)=O)nc1. The molecule has 0 aliphatic rings. The maximum atomic E-state index is 18.3. The van der Waals surface area contributed by atoms with Crippen molar-refractivity contribution >= 4 is 58.6 Å². The van der Waals surface area contributed by atoms with Gasteiger partial charge in [-0.15, -0.1) is 12.8 Å². The van der Waals surface area contributed by atoms with E-state index >= 15 is 8.78 Å². The van der Waals surface area contributed by atoms with E-state index in [1.165, 1.54) is 60.9 Å². The van der Waals surface area contributed by atoms with E-state index in [0.717, 1.165) is 34.4 Å². The molecule has 0 saturated heterocycles. The van der Waals surface area contributed by atoms with E-state index in [9.17, 15) is 31.2 Å². The number of carbonyl (C=O) groups is 1. The number of sulfone groups is 2. The Balaban J connectivity index is 1.15. The van der Waals surface area contributed by atoms with Crippen molar-refractivity contribution in [3.05, 3.63) is 175 Å². The van der Waals surface area contributed by atoms with Crippen LogP contribution in [0.2, 0.25) is 0 Å². The molecular weight excluding hydrogens is 987 g/mol. The van der Waals surface area contributed by atoms with Crippen LogP contribution in [0.25, 0.3) is 44.3 Å². The number of pyridine rings is 2. The van der Waals surface area contributed by atoms with Crippen LogP contribution in [-0.4, -0.2) is 78.1 Å². The van der Waals surface area contributed by atoms with Crippen LogP contribution in [0, 0.1) is 52.4 Å². The fourth-order valence-electron chi connectivity index (χ4n) is 8.98. The van der Waals surface area contributed by atoms with Crippen LogP contribution in [-0.2, 0) is 47.6 Å². The molecule has 4 heterocycles. The summed E-state index contributed by atoms with van der Waals surface area (Å²) in [4.78, 5) is 67.4. The summed E-state index contributed by atoms with van der Waals surface area (Å²) in [6.45, 7) is 7.70. The van der Waals surface area contributed by atoms with E-state index in [1.807, 2.05) is 13.8 Å². The number of aromatic nitrogens is 6. The topological polar surface area (TPSA) is 209 Å². The lowest BCUT2D eigenvalue weighted by Gasteiger charge is -2.32. The Hall–Kier alpha value is -8.39. The van der Waals surface area contributed by atoms with Crippen molar-refractivity contribution in [1.29, 1.82) is 0 Å². The summed E-state index contributed by atoms with van der Waals surface area (Å²) in [6, 6.07) is 22.8. The molecule has 2 atom stereocenters. The number of fused-ring (bicyclic) bond motifs is 2. The quantitative estimate of drug-likeness (QED) is 0.0906. The second kappa shape index (κ2) is 19.9. The van der Waals surface area contributed by atoms with Gasteiger partial charge in [0.15, 0.2) is 19.7 Å². The Labute approximate surface area is 425 Å². The number of aromatic amines is 2.